The Balaban J connectivity index is 0.00000364. The number of benzene rings is 1. The predicted molar refractivity (Wildman–Crippen MR) is 115 cm³/mol. The first-order chi connectivity index (χ1) is 12.4. The van der Waals surface area contributed by atoms with Crippen molar-refractivity contribution in [2.24, 2.45) is 10.9 Å². The average Bonchev–Trinajstić information content (AvgIpc) is 2.64. The third kappa shape index (κ3) is 8.25. The number of piperidine rings is 1. The molecule has 154 valence electrons. The smallest absolute Gasteiger partial charge is 0.356 e. The summed E-state index contributed by atoms with van der Waals surface area (Å²) in [7, 11) is 1.70. The molecule has 0 atom stereocenters. The topological polar surface area (TPSA) is 39.7 Å². The van der Waals surface area contributed by atoms with Crippen LogP contribution in [0, 0.1) is 5.92 Å². The number of nitrogens with one attached hydrogen (secondary N) is 2. The van der Waals surface area contributed by atoms with Gasteiger partial charge >= 0.3 is 6.18 Å². The fraction of sp³-hybridized carbons (Fsp3) is 0.632. The van der Waals surface area contributed by atoms with Crippen molar-refractivity contribution in [2.45, 2.75) is 38.9 Å². The van der Waals surface area contributed by atoms with Crippen molar-refractivity contribution in [1.82, 2.24) is 15.5 Å². The number of aliphatic imine (C=N–C) groups is 1. The highest BCUT2D eigenvalue weighted by molar-refractivity contribution is 14.0. The molecule has 0 bridgehead atoms. The summed E-state index contributed by atoms with van der Waals surface area (Å²) in [4.78, 5) is 6.65. The van der Waals surface area contributed by atoms with Gasteiger partial charge in [-0.25, -0.2) is 0 Å². The number of guanidine groups is 1. The molecule has 27 heavy (non-hydrogen) atoms. The number of rotatable bonds is 6. The molecule has 0 amide bonds. The van der Waals surface area contributed by atoms with Crippen molar-refractivity contribution in [2.75, 3.05) is 33.2 Å². The fourth-order valence-electron chi connectivity index (χ4n) is 3.20. The van der Waals surface area contributed by atoms with Crippen LogP contribution in [0.25, 0.3) is 0 Å². The predicted octanol–water partition coefficient (Wildman–Crippen LogP) is 4.11. The molecular formula is C19H30F3IN4. The number of alkyl halides is 3. The first kappa shape index (κ1) is 24.0. The Hall–Kier alpha value is -1.03. The zero-order chi connectivity index (χ0) is 19.0. The van der Waals surface area contributed by atoms with Gasteiger partial charge in [-0.3, -0.25) is 4.99 Å². The highest BCUT2D eigenvalue weighted by atomic mass is 127. The molecule has 1 aromatic rings. The summed E-state index contributed by atoms with van der Waals surface area (Å²) in [5.74, 6) is 1.43. The maximum Gasteiger partial charge on any atom is 0.416 e. The van der Waals surface area contributed by atoms with E-state index in [-0.39, 0.29) is 24.0 Å². The van der Waals surface area contributed by atoms with Crippen LogP contribution in [-0.2, 0) is 12.7 Å². The van der Waals surface area contributed by atoms with Crippen molar-refractivity contribution in [3.05, 3.63) is 35.4 Å². The first-order valence-electron chi connectivity index (χ1n) is 9.25. The minimum absolute atomic E-state index is 0. The van der Waals surface area contributed by atoms with E-state index in [1.807, 2.05) is 0 Å². The number of likely N-dealkylation sites (tertiary alicyclic amines) is 1. The lowest BCUT2D eigenvalue weighted by Gasteiger charge is -2.31. The van der Waals surface area contributed by atoms with Gasteiger partial charge in [0.1, 0.15) is 0 Å². The van der Waals surface area contributed by atoms with E-state index in [0.717, 1.165) is 43.1 Å². The SMILES string of the molecule is CCN1CCC(CCNC(=NC)NCc2ccc(C(F)(F)F)cc2)CC1.I. The third-order valence-corrected chi connectivity index (χ3v) is 4.96. The average molecular weight is 498 g/mol. The lowest BCUT2D eigenvalue weighted by atomic mass is 9.93. The second-order valence-electron chi connectivity index (χ2n) is 6.71. The molecule has 0 saturated carbocycles. The van der Waals surface area contributed by atoms with Gasteiger partial charge < -0.3 is 15.5 Å². The first-order valence-corrected chi connectivity index (χ1v) is 9.25. The van der Waals surface area contributed by atoms with Crippen LogP contribution >= 0.6 is 24.0 Å². The van der Waals surface area contributed by atoms with Crippen LogP contribution in [0.2, 0.25) is 0 Å². The summed E-state index contributed by atoms with van der Waals surface area (Å²) in [5.41, 5.74) is 0.158. The third-order valence-electron chi connectivity index (χ3n) is 4.96. The van der Waals surface area contributed by atoms with Crippen LogP contribution in [0.3, 0.4) is 0 Å². The molecule has 2 rings (SSSR count). The van der Waals surface area contributed by atoms with Crippen LogP contribution in [0.4, 0.5) is 13.2 Å². The Bertz CT molecular complexity index is 567. The zero-order valence-electron chi connectivity index (χ0n) is 16.0. The number of hydrogen-bond acceptors (Lipinski definition) is 2. The van der Waals surface area contributed by atoms with Gasteiger partial charge in [-0.1, -0.05) is 19.1 Å². The van der Waals surface area contributed by atoms with Crippen molar-refractivity contribution < 1.29 is 13.2 Å². The van der Waals surface area contributed by atoms with E-state index in [4.69, 9.17) is 0 Å². The van der Waals surface area contributed by atoms with Crippen LogP contribution < -0.4 is 10.6 Å². The number of nitrogens with zero attached hydrogens (tertiary/aromatic N) is 2. The van der Waals surface area contributed by atoms with E-state index in [1.54, 1.807) is 7.05 Å². The van der Waals surface area contributed by atoms with E-state index in [0.29, 0.717) is 12.5 Å². The molecule has 0 aromatic heterocycles. The Kier molecular flexibility index (Phi) is 10.4. The molecule has 1 aliphatic heterocycles. The van der Waals surface area contributed by atoms with Gasteiger partial charge in [0.05, 0.1) is 5.56 Å². The van der Waals surface area contributed by atoms with Gasteiger partial charge in [-0.05, 0) is 62.5 Å². The molecule has 0 unspecified atom stereocenters. The van der Waals surface area contributed by atoms with Gasteiger partial charge in [-0.2, -0.15) is 13.2 Å². The second kappa shape index (κ2) is 11.7. The quantitative estimate of drug-likeness (QED) is 0.353. The maximum atomic E-state index is 12.6. The van der Waals surface area contributed by atoms with E-state index >= 15 is 0 Å². The standard InChI is InChI=1S/C19H29F3N4.HI/c1-3-26-12-9-15(10-13-26)8-11-24-18(23-2)25-14-16-4-6-17(7-5-16)19(20,21)22;/h4-7,15H,3,8-14H2,1-2H3,(H2,23,24,25);1H. The molecule has 0 spiro atoms. The largest absolute Gasteiger partial charge is 0.416 e. The van der Waals surface area contributed by atoms with Crippen LogP contribution in [0.15, 0.2) is 29.3 Å². The van der Waals surface area contributed by atoms with Crippen LogP contribution in [-0.4, -0.2) is 44.1 Å². The fourth-order valence-corrected chi connectivity index (χ4v) is 3.20. The van der Waals surface area contributed by atoms with Gasteiger partial charge in [0.15, 0.2) is 5.96 Å². The normalized spacial score (nSPS) is 16.7. The molecule has 1 heterocycles. The minimum atomic E-state index is -4.29. The molecule has 4 nitrogen and oxygen atoms in total. The van der Waals surface area contributed by atoms with Gasteiger partial charge in [0.2, 0.25) is 0 Å². The Morgan fingerprint density at radius 2 is 1.78 bits per heavy atom. The molecule has 1 aliphatic rings. The highest BCUT2D eigenvalue weighted by Gasteiger charge is 2.29. The molecule has 8 heteroatoms. The van der Waals surface area contributed by atoms with Crippen molar-refractivity contribution >= 4 is 29.9 Å². The van der Waals surface area contributed by atoms with E-state index in [2.05, 4.69) is 27.4 Å². The van der Waals surface area contributed by atoms with Crippen molar-refractivity contribution in [1.29, 1.82) is 0 Å². The van der Waals surface area contributed by atoms with Crippen LogP contribution in [0.5, 0.6) is 0 Å². The number of halogens is 4. The Morgan fingerprint density at radius 3 is 2.30 bits per heavy atom. The summed E-state index contributed by atoms with van der Waals surface area (Å²) in [6, 6.07) is 5.20. The molecule has 0 aliphatic carbocycles. The molecular weight excluding hydrogens is 468 g/mol. The lowest BCUT2D eigenvalue weighted by molar-refractivity contribution is -0.137. The molecule has 1 fully saturated rings. The van der Waals surface area contributed by atoms with Gasteiger partial charge in [-0.15, -0.1) is 24.0 Å². The van der Waals surface area contributed by atoms with Crippen LogP contribution in [0.1, 0.15) is 37.3 Å². The van der Waals surface area contributed by atoms with E-state index < -0.39 is 11.7 Å². The molecule has 1 saturated heterocycles. The Labute approximate surface area is 177 Å². The Morgan fingerprint density at radius 1 is 1.15 bits per heavy atom. The summed E-state index contributed by atoms with van der Waals surface area (Å²) in [6.45, 7) is 6.99. The van der Waals surface area contributed by atoms with Gasteiger partial charge in [0, 0.05) is 20.1 Å². The summed E-state index contributed by atoms with van der Waals surface area (Å²) < 4.78 is 37.7. The van der Waals surface area contributed by atoms with Crippen molar-refractivity contribution in [3.63, 3.8) is 0 Å². The summed E-state index contributed by atoms with van der Waals surface area (Å²) >= 11 is 0. The second-order valence-corrected chi connectivity index (χ2v) is 6.71. The van der Waals surface area contributed by atoms with E-state index in [9.17, 15) is 13.2 Å². The molecule has 1 aromatic carbocycles. The highest BCUT2D eigenvalue weighted by Crippen LogP contribution is 2.29. The summed E-state index contributed by atoms with van der Waals surface area (Å²) in [5, 5.41) is 6.44. The van der Waals surface area contributed by atoms with Crippen molar-refractivity contribution in [3.8, 4) is 0 Å². The number of hydrogen-bond donors (Lipinski definition) is 2. The lowest BCUT2D eigenvalue weighted by Crippen LogP contribution is -2.39. The summed E-state index contributed by atoms with van der Waals surface area (Å²) in [6.07, 6.45) is -0.699. The van der Waals surface area contributed by atoms with E-state index in [1.165, 1.54) is 38.1 Å². The molecule has 2 N–H and O–H groups in total. The monoisotopic (exact) mass is 498 g/mol. The zero-order valence-corrected chi connectivity index (χ0v) is 18.3. The minimum Gasteiger partial charge on any atom is -0.356 e. The van der Waals surface area contributed by atoms with Gasteiger partial charge in [0.25, 0.3) is 0 Å². The molecule has 0 radical (unpaired) electrons. The maximum absolute atomic E-state index is 12.6.